The van der Waals surface area contributed by atoms with Gasteiger partial charge in [-0.1, -0.05) is 25.3 Å². The zero-order chi connectivity index (χ0) is 15.1. The first kappa shape index (κ1) is 3.35. The van der Waals surface area contributed by atoms with Crippen molar-refractivity contribution in [2.24, 2.45) is 0 Å². The number of nitriles is 1. The van der Waals surface area contributed by atoms with Crippen molar-refractivity contribution in [3.05, 3.63) is 28.5 Å². The number of nitrogens with zero attached hydrogens (tertiary/aromatic N) is 2. The molecule has 0 spiro atoms. The quantitative estimate of drug-likeness (QED) is 0.634. The molecule has 2 nitrogen and oxygen atoms in total. The molecule has 0 aliphatic heterocycles. The summed E-state index contributed by atoms with van der Waals surface area (Å²) in [6, 6.07) is 3.88. The fraction of sp³-hybridized carbons (Fsp3) is 0.333. The first-order valence-corrected chi connectivity index (χ1v) is 3.40. The SMILES string of the molecule is [2H]C([2H])([2H])C([2H])(c1ccc(C#N)c(Cl)n1)C([2H])([2H])[2H]. The Morgan fingerprint density at radius 3 is 3.00 bits per heavy atom. The molecule has 0 unspecified atom stereocenters. The highest BCUT2D eigenvalue weighted by Gasteiger charge is 2.04. The standard InChI is InChI=1S/C9H9ClN2/c1-6(2)8-4-3-7(5-11)9(10)12-8/h3-4,6H,1-2H3/i1D3,2D3,6D. The molecule has 0 aliphatic carbocycles. The summed E-state index contributed by atoms with van der Waals surface area (Å²) in [5, 5.41) is 8.36. The Bertz CT molecular complexity index is 515. The molecule has 1 rings (SSSR count). The van der Waals surface area contributed by atoms with E-state index in [1.807, 2.05) is 0 Å². The Labute approximate surface area is 86.6 Å². The van der Waals surface area contributed by atoms with Crippen LogP contribution in [0.3, 0.4) is 0 Å². The normalized spacial score (nSPS) is 21.5. The van der Waals surface area contributed by atoms with Crippen molar-refractivity contribution in [2.75, 3.05) is 0 Å². The van der Waals surface area contributed by atoms with Crippen molar-refractivity contribution in [3.8, 4) is 6.07 Å². The highest BCUT2D eigenvalue weighted by atomic mass is 35.5. The van der Waals surface area contributed by atoms with Gasteiger partial charge < -0.3 is 0 Å². The van der Waals surface area contributed by atoms with Crippen LogP contribution in [-0.2, 0) is 0 Å². The molecule has 0 bridgehead atoms. The molecule has 0 fully saturated rings. The van der Waals surface area contributed by atoms with Gasteiger partial charge in [0.05, 0.1) is 5.56 Å². The number of pyridine rings is 1. The molecule has 1 aromatic rings. The van der Waals surface area contributed by atoms with Gasteiger partial charge in [-0.25, -0.2) is 4.98 Å². The van der Waals surface area contributed by atoms with E-state index >= 15 is 0 Å². The van der Waals surface area contributed by atoms with Crippen LogP contribution in [0, 0.1) is 11.3 Å². The Hall–Kier alpha value is -1.07. The van der Waals surface area contributed by atoms with E-state index in [0.717, 1.165) is 12.1 Å². The van der Waals surface area contributed by atoms with E-state index in [4.69, 9.17) is 26.5 Å². The molecule has 0 saturated heterocycles. The molecular weight excluding hydrogens is 172 g/mol. The minimum absolute atomic E-state index is 0.0242. The van der Waals surface area contributed by atoms with Gasteiger partial charge in [-0.05, 0) is 18.0 Å². The average molecular weight is 188 g/mol. The van der Waals surface area contributed by atoms with Gasteiger partial charge in [-0.3, -0.25) is 0 Å². The van der Waals surface area contributed by atoms with Crippen molar-refractivity contribution in [2.45, 2.75) is 19.6 Å². The molecule has 1 heterocycles. The van der Waals surface area contributed by atoms with E-state index < -0.39 is 25.3 Å². The lowest BCUT2D eigenvalue weighted by Crippen LogP contribution is -1.93. The van der Waals surface area contributed by atoms with Crippen LogP contribution >= 0.6 is 11.6 Å². The second-order valence-corrected chi connectivity index (χ2v) is 2.38. The van der Waals surface area contributed by atoms with E-state index in [-0.39, 0.29) is 10.7 Å². The maximum atomic E-state index is 8.69. The van der Waals surface area contributed by atoms with Crippen LogP contribution in [0.4, 0.5) is 0 Å². The lowest BCUT2D eigenvalue weighted by Gasteiger charge is -2.03. The third-order valence-corrected chi connectivity index (χ3v) is 1.51. The molecule has 3 heteroatoms. The summed E-state index contributed by atoms with van der Waals surface area (Å²) in [7, 11) is 0. The highest BCUT2D eigenvalue weighted by Crippen LogP contribution is 2.17. The molecule has 0 N–H and O–H groups in total. The van der Waals surface area contributed by atoms with Crippen LogP contribution in [0.5, 0.6) is 0 Å². The first-order valence-electron chi connectivity index (χ1n) is 6.52. The van der Waals surface area contributed by atoms with Crippen LogP contribution in [0.2, 0.25) is 5.15 Å². The molecule has 62 valence electrons. The Morgan fingerprint density at radius 2 is 2.50 bits per heavy atom. The summed E-state index contributed by atoms with van der Waals surface area (Å²) < 4.78 is 51.6. The third-order valence-electron chi connectivity index (χ3n) is 1.23. The summed E-state index contributed by atoms with van der Waals surface area (Å²) in [4.78, 5) is 3.58. The summed E-state index contributed by atoms with van der Waals surface area (Å²) in [5.41, 5.74) is -0.541. The van der Waals surface area contributed by atoms with Crippen LogP contribution in [-0.4, -0.2) is 4.98 Å². The maximum Gasteiger partial charge on any atom is 0.147 e. The second kappa shape index (κ2) is 3.55. The minimum atomic E-state index is -3.12. The Balaban J connectivity index is 3.54. The molecule has 0 aliphatic rings. The van der Waals surface area contributed by atoms with E-state index in [9.17, 15) is 0 Å². The van der Waals surface area contributed by atoms with E-state index in [0.29, 0.717) is 0 Å². The number of rotatable bonds is 1. The molecule has 0 atom stereocenters. The van der Waals surface area contributed by atoms with E-state index in [2.05, 4.69) is 4.98 Å². The zero-order valence-corrected chi connectivity index (χ0v) is 6.68. The first-order chi connectivity index (χ1) is 8.45. The topological polar surface area (TPSA) is 36.7 Å². The predicted molar refractivity (Wildman–Crippen MR) is 48.1 cm³/mol. The third kappa shape index (κ3) is 1.75. The van der Waals surface area contributed by atoms with Gasteiger partial charge in [-0.2, -0.15) is 5.26 Å². The van der Waals surface area contributed by atoms with Crippen molar-refractivity contribution in [1.29, 1.82) is 5.26 Å². The Kier molecular flexibility index (Phi) is 0.992. The van der Waals surface area contributed by atoms with Crippen molar-refractivity contribution in [3.63, 3.8) is 0 Å². The van der Waals surface area contributed by atoms with Crippen LogP contribution in [0.15, 0.2) is 12.1 Å². The largest absolute Gasteiger partial charge is 0.239 e. The van der Waals surface area contributed by atoms with Gasteiger partial charge >= 0.3 is 0 Å². The number of aromatic nitrogens is 1. The van der Waals surface area contributed by atoms with Gasteiger partial charge in [0, 0.05) is 15.3 Å². The summed E-state index contributed by atoms with van der Waals surface area (Å²) in [6.45, 7) is -6.24. The van der Waals surface area contributed by atoms with Gasteiger partial charge in [0.15, 0.2) is 0 Å². The van der Waals surface area contributed by atoms with Crippen molar-refractivity contribution in [1.82, 2.24) is 4.98 Å². The zero-order valence-electron chi connectivity index (χ0n) is 12.9. The van der Waals surface area contributed by atoms with Gasteiger partial charge in [0.25, 0.3) is 0 Å². The lowest BCUT2D eigenvalue weighted by atomic mass is 10.1. The molecule has 0 saturated carbocycles. The number of hydrogen-bond acceptors (Lipinski definition) is 2. The second-order valence-electron chi connectivity index (χ2n) is 2.02. The fourth-order valence-corrected chi connectivity index (χ4v) is 0.853. The molecule has 12 heavy (non-hydrogen) atoms. The average Bonchev–Trinajstić information content (AvgIpc) is 2.24. The van der Waals surface area contributed by atoms with Gasteiger partial charge in [-0.15, -0.1) is 0 Å². The Morgan fingerprint density at radius 1 is 1.75 bits per heavy atom. The lowest BCUT2D eigenvalue weighted by molar-refractivity contribution is 0.822. The van der Waals surface area contributed by atoms with Crippen molar-refractivity contribution < 1.29 is 9.60 Å². The summed E-state index contributed by atoms with van der Waals surface area (Å²) in [6.07, 6.45) is 0. The van der Waals surface area contributed by atoms with E-state index in [1.54, 1.807) is 6.07 Å². The van der Waals surface area contributed by atoms with Gasteiger partial charge in [0.2, 0.25) is 0 Å². The summed E-state index contributed by atoms with van der Waals surface area (Å²) >= 11 is 5.65. The number of halogens is 1. The molecule has 0 amide bonds. The maximum absolute atomic E-state index is 8.69. The highest BCUT2D eigenvalue weighted by molar-refractivity contribution is 6.30. The van der Waals surface area contributed by atoms with Crippen LogP contribution in [0.25, 0.3) is 0 Å². The molecule has 0 radical (unpaired) electrons. The summed E-state index contributed by atoms with van der Waals surface area (Å²) in [5.74, 6) is -2.91. The fourth-order valence-electron chi connectivity index (χ4n) is 0.657. The van der Waals surface area contributed by atoms with Crippen LogP contribution in [0.1, 0.15) is 40.5 Å². The molecule has 1 aromatic heterocycles. The molecule has 0 aromatic carbocycles. The van der Waals surface area contributed by atoms with Crippen LogP contribution < -0.4 is 0 Å². The minimum Gasteiger partial charge on any atom is -0.239 e. The van der Waals surface area contributed by atoms with E-state index in [1.165, 1.54) is 0 Å². The smallest absolute Gasteiger partial charge is 0.147 e. The monoisotopic (exact) mass is 187 g/mol. The predicted octanol–water partition coefficient (Wildman–Crippen LogP) is 2.73. The number of hydrogen-bond donors (Lipinski definition) is 0. The van der Waals surface area contributed by atoms with Crippen molar-refractivity contribution >= 4 is 11.6 Å². The van der Waals surface area contributed by atoms with Gasteiger partial charge in [0.1, 0.15) is 11.2 Å². The molecular formula is C9H9ClN2.